The van der Waals surface area contributed by atoms with Gasteiger partial charge in [0, 0.05) is 15.9 Å². The number of imidazole rings is 1. The van der Waals surface area contributed by atoms with Crippen LogP contribution >= 0.6 is 0 Å². The number of aromatic nitrogens is 4. The van der Waals surface area contributed by atoms with Crippen molar-refractivity contribution < 1.29 is 28.2 Å². The molecule has 5 nitrogen and oxygen atoms in total. The van der Waals surface area contributed by atoms with Gasteiger partial charge in [0.1, 0.15) is 0 Å². The molecule has 16 rings (SSSR count). The van der Waals surface area contributed by atoms with Crippen molar-refractivity contribution in [2.45, 2.75) is 38.5 Å². The second-order valence-corrected chi connectivity index (χ2v) is 24.2. The second kappa shape index (κ2) is 19.2. The van der Waals surface area contributed by atoms with Crippen molar-refractivity contribution in [2.24, 2.45) is 0 Å². The second-order valence-electron chi connectivity index (χ2n) is 23.2. The van der Waals surface area contributed by atoms with Crippen LogP contribution in [0.2, 0.25) is 0 Å². The standard InChI is InChI=1S/C78H56N4O.Pt/c1-50-43-75(79-48-66(50)53-37-39-54(40-38-53)77(2,3)4)82-73-45-57(41-42-63(73)65-46-64-62-29-13-16-34-69(62)78(70(64)47-74(65)82)67-32-14-11-27-60(67)61-28-12-15-33-68(61)78)83-56-26-19-25-55(44-56)80-49-81(72-36-18-17-35-71(72)80)76-58(51-21-7-5-8-22-51)30-20-31-59(76)52-23-9-6-10-24-52;/h5-48H,1-4H3;/i1D3;. The number of pyridine rings is 1. The van der Waals surface area contributed by atoms with E-state index in [0.717, 1.165) is 75.8 Å². The Hall–Kier alpha value is -9.67. The van der Waals surface area contributed by atoms with Gasteiger partial charge in [-0.15, -0.1) is 0 Å². The number of hydrogen-bond donors (Lipinski definition) is 0. The molecule has 0 amide bonds. The summed E-state index contributed by atoms with van der Waals surface area (Å²) in [5, 5.41) is 2.01. The zero-order chi connectivity index (χ0) is 58.9. The van der Waals surface area contributed by atoms with E-state index in [0.29, 0.717) is 22.9 Å². The molecular weight excluding hydrogens is 1200 g/mol. The van der Waals surface area contributed by atoms with Crippen LogP contribution in [0.3, 0.4) is 0 Å². The van der Waals surface area contributed by atoms with Crippen LogP contribution in [-0.4, -0.2) is 18.7 Å². The molecule has 0 atom stereocenters. The van der Waals surface area contributed by atoms with Crippen molar-refractivity contribution >= 4 is 32.8 Å². The molecule has 0 saturated heterocycles. The third kappa shape index (κ3) is 7.58. The fraction of sp³-hybridized carbons (Fsp3) is 0.0769. The minimum absolute atomic E-state index is 0.0678. The SMILES string of the molecule is [2H]C([2H])([2H])c1cc(-n2c3cc(Oc4cccc(-n5[c](=[Pt])n(-c6c(-c7ccccc7)cccc6-c6ccccc6)c6ccccc65)c4)ccc3c3cc4c(cc32)C2(c3ccccc3-c3ccccc32)c2ccccc2-4)ncc1-c1ccc(C(C)(C)C)cc1. The molecule has 0 fully saturated rings. The monoisotopic (exact) mass is 1260 g/mol. The van der Waals surface area contributed by atoms with E-state index in [1.165, 1.54) is 50.1 Å². The molecule has 11 aromatic carbocycles. The summed E-state index contributed by atoms with van der Waals surface area (Å²) in [4.78, 5) is 5.26. The number of rotatable bonds is 8. The van der Waals surface area contributed by atoms with E-state index >= 15 is 0 Å². The predicted octanol–water partition coefficient (Wildman–Crippen LogP) is 19.7. The molecule has 0 aliphatic heterocycles. The molecule has 404 valence electrons. The van der Waals surface area contributed by atoms with Crippen molar-refractivity contribution in [3.8, 4) is 84.3 Å². The third-order valence-corrected chi connectivity index (χ3v) is 18.5. The Morgan fingerprint density at radius 3 is 1.58 bits per heavy atom. The number of hydrogen-bond acceptors (Lipinski definition) is 2. The topological polar surface area (TPSA) is 36.9 Å². The van der Waals surface area contributed by atoms with E-state index in [4.69, 9.17) is 13.8 Å². The number of ether oxygens (including phenoxy) is 1. The molecule has 14 aromatic rings. The van der Waals surface area contributed by atoms with Gasteiger partial charge in [-0.3, -0.25) is 0 Å². The number of benzene rings is 11. The molecular formula is C78H56N4OPt. The Bertz CT molecular complexity index is 5080. The van der Waals surface area contributed by atoms with E-state index in [9.17, 15) is 0 Å². The first kappa shape index (κ1) is 46.9. The summed E-state index contributed by atoms with van der Waals surface area (Å²) in [5.41, 5.74) is 22.2. The van der Waals surface area contributed by atoms with Crippen LogP contribution in [0.25, 0.3) is 106 Å². The maximum atomic E-state index is 9.08. The molecule has 3 aromatic heterocycles. The zero-order valence-electron chi connectivity index (χ0n) is 49.4. The summed E-state index contributed by atoms with van der Waals surface area (Å²) in [6.07, 6.45) is 1.75. The molecule has 6 heteroatoms. The van der Waals surface area contributed by atoms with Gasteiger partial charge < -0.3 is 0 Å². The molecule has 0 bridgehead atoms. The maximum absolute atomic E-state index is 9.08. The summed E-state index contributed by atoms with van der Waals surface area (Å²) in [5.74, 6) is 1.78. The smallest absolute Gasteiger partial charge is 0.0619 e. The molecule has 84 heavy (non-hydrogen) atoms. The van der Waals surface area contributed by atoms with Gasteiger partial charge in [0.05, 0.1) is 5.41 Å². The van der Waals surface area contributed by atoms with E-state index in [1.54, 1.807) is 12.3 Å². The van der Waals surface area contributed by atoms with Crippen LogP contribution in [-0.2, 0) is 30.2 Å². The van der Waals surface area contributed by atoms with E-state index in [-0.39, 0.29) is 11.0 Å². The average molecular weight is 1260 g/mol. The van der Waals surface area contributed by atoms with Gasteiger partial charge in [0.2, 0.25) is 0 Å². The quantitative estimate of drug-likeness (QED) is 0.152. The Kier molecular flexibility index (Phi) is 10.7. The molecule has 0 radical (unpaired) electrons. The molecule has 0 N–H and O–H groups in total. The van der Waals surface area contributed by atoms with Gasteiger partial charge >= 0.3 is 294 Å². The van der Waals surface area contributed by atoms with Crippen molar-refractivity contribution in [1.29, 1.82) is 0 Å². The number of aryl methyl sites for hydroxylation is 1. The first-order valence-electron chi connectivity index (χ1n) is 30.1. The molecule has 0 saturated carbocycles. The fourth-order valence-corrected chi connectivity index (χ4v) is 14.8. The summed E-state index contributed by atoms with van der Waals surface area (Å²) in [6, 6.07) is 92.3. The number of fused-ring (bicyclic) bond motifs is 14. The first-order valence-corrected chi connectivity index (χ1v) is 29.7. The van der Waals surface area contributed by atoms with Crippen LogP contribution in [0.15, 0.2) is 267 Å². The fourth-order valence-electron chi connectivity index (χ4n) is 13.7. The minimum atomic E-state index is -2.46. The summed E-state index contributed by atoms with van der Waals surface area (Å²) < 4.78 is 42.1. The van der Waals surface area contributed by atoms with Crippen molar-refractivity contribution in [1.82, 2.24) is 18.7 Å². The van der Waals surface area contributed by atoms with Gasteiger partial charge in [-0.05, 0) is 73.5 Å². The van der Waals surface area contributed by atoms with E-state index < -0.39 is 12.3 Å². The molecule has 2 aliphatic rings. The Labute approximate surface area is 503 Å². The number of para-hydroxylation sites is 3. The van der Waals surface area contributed by atoms with Gasteiger partial charge in [0.25, 0.3) is 0 Å². The Morgan fingerprint density at radius 1 is 0.417 bits per heavy atom. The van der Waals surface area contributed by atoms with Crippen LogP contribution in [0, 0.1) is 10.7 Å². The first-order chi connectivity index (χ1) is 42.3. The Morgan fingerprint density at radius 2 is 0.952 bits per heavy atom. The summed E-state index contributed by atoms with van der Waals surface area (Å²) >= 11 is 2.49. The van der Waals surface area contributed by atoms with Gasteiger partial charge in [-0.2, -0.15) is 0 Å². The van der Waals surface area contributed by atoms with E-state index in [1.807, 2.05) is 24.3 Å². The van der Waals surface area contributed by atoms with Crippen molar-refractivity contribution in [3.05, 3.63) is 304 Å². The molecule has 0 unspecified atom stereocenters. The van der Waals surface area contributed by atoms with Crippen LogP contribution < -0.4 is 4.74 Å². The summed E-state index contributed by atoms with van der Waals surface area (Å²) in [7, 11) is 0. The summed E-state index contributed by atoms with van der Waals surface area (Å²) in [6.45, 7) is 4.08. The molecule has 2 aliphatic carbocycles. The van der Waals surface area contributed by atoms with Gasteiger partial charge in [0.15, 0.2) is 0 Å². The predicted molar refractivity (Wildman–Crippen MR) is 341 cm³/mol. The Balaban J connectivity index is 0.883. The average Bonchev–Trinajstić information content (AvgIpc) is 1.52. The van der Waals surface area contributed by atoms with E-state index in [2.05, 4.69) is 284 Å². The van der Waals surface area contributed by atoms with Crippen molar-refractivity contribution in [3.63, 3.8) is 0 Å². The van der Waals surface area contributed by atoms with Crippen LogP contribution in [0.4, 0.5) is 0 Å². The van der Waals surface area contributed by atoms with Crippen LogP contribution in [0.1, 0.15) is 58.3 Å². The molecule has 1 spiro atoms. The zero-order valence-corrected chi connectivity index (χ0v) is 48.7. The van der Waals surface area contributed by atoms with Crippen LogP contribution in [0.5, 0.6) is 11.5 Å². The third-order valence-electron chi connectivity index (χ3n) is 17.5. The minimum Gasteiger partial charge on any atom is -0.0619 e. The van der Waals surface area contributed by atoms with Gasteiger partial charge in [-0.1, -0.05) is 118 Å². The van der Waals surface area contributed by atoms with Crippen molar-refractivity contribution in [2.75, 3.05) is 0 Å². The number of nitrogens with zero attached hydrogens (tertiary/aromatic N) is 4. The normalized spacial score (nSPS) is 13.6. The molecule has 3 heterocycles. The van der Waals surface area contributed by atoms with Gasteiger partial charge in [-0.25, -0.2) is 0 Å².